The van der Waals surface area contributed by atoms with E-state index in [1.807, 2.05) is 0 Å². The molecule has 0 saturated carbocycles. The monoisotopic (exact) mass is 943 g/mol. The summed E-state index contributed by atoms with van der Waals surface area (Å²) in [6, 6.07) is 0. The van der Waals surface area contributed by atoms with Crippen LogP contribution in [0.25, 0.3) is 0 Å². The Kier molecular flexibility index (Phi) is 54.7. The van der Waals surface area contributed by atoms with Gasteiger partial charge in [0.1, 0.15) is 13.2 Å². The van der Waals surface area contributed by atoms with Crippen molar-refractivity contribution < 1.29 is 28.6 Å². The van der Waals surface area contributed by atoms with Crippen LogP contribution in [0.5, 0.6) is 0 Å². The Morgan fingerprint density at radius 3 is 0.821 bits per heavy atom. The summed E-state index contributed by atoms with van der Waals surface area (Å²) in [5.41, 5.74) is 0. The largest absolute Gasteiger partial charge is 0.462 e. The molecule has 67 heavy (non-hydrogen) atoms. The van der Waals surface area contributed by atoms with E-state index >= 15 is 0 Å². The van der Waals surface area contributed by atoms with Crippen LogP contribution in [0.15, 0.2) is 24.3 Å². The zero-order valence-corrected chi connectivity index (χ0v) is 45.2. The third-order valence-corrected chi connectivity index (χ3v) is 13.5. The standard InChI is InChI=1S/C61H114O6/c1-4-7-10-13-16-19-22-25-26-27-28-29-30-31-32-33-34-37-39-42-45-48-51-54-60(63)66-57-58(67-61(64)55-52-49-46-43-40-36-24-21-18-15-12-9-6-3)56-65-59(62)53-50-47-44-41-38-35-23-20-17-14-11-8-5-2/h22,25,27-28,58H,4-21,23-24,26,29-57H2,1-3H3/b25-22-,28-27-. The lowest BCUT2D eigenvalue weighted by Gasteiger charge is -2.18. The van der Waals surface area contributed by atoms with Gasteiger partial charge in [0.2, 0.25) is 0 Å². The molecule has 0 bridgehead atoms. The van der Waals surface area contributed by atoms with Crippen LogP contribution in [0.1, 0.15) is 329 Å². The first-order chi connectivity index (χ1) is 33.0. The first-order valence-corrected chi connectivity index (χ1v) is 29.8. The second-order valence-corrected chi connectivity index (χ2v) is 20.3. The van der Waals surface area contributed by atoms with Crippen molar-refractivity contribution >= 4 is 17.9 Å². The lowest BCUT2D eigenvalue weighted by atomic mass is 10.0. The molecule has 0 amide bonds. The third kappa shape index (κ3) is 54.7. The molecule has 0 heterocycles. The van der Waals surface area contributed by atoms with Crippen molar-refractivity contribution in [1.29, 1.82) is 0 Å². The highest BCUT2D eigenvalue weighted by molar-refractivity contribution is 5.71. The van der Waals surface area contributed by atoms with E-state index < -0.39 is 6.10 Å². The highest BCUT2D eigenvalue weighted by Crippen LogP contribution is 2.17. The van der Waals surface area contributed by atoms with Gasteiger partial charge in [-0.3, -0.25) is 14.4 Å². The predicted molar refractivity (Wildman–Crippen MR) is 289 cm³/mol. The molecule has 6 nitrogen and oxygen atoms in total. The average Bonchev–Trinajstić information content (AvgIpc) is 3.33. The van der Waals surface area contributed by atoms with E-state index in [-0.39, 0.29) is 31.1 Å². The molecule has 0 fully saturated rings. The highest BCUT2D eigenvalue weighted by Gasteiger charge is 2.19. The molecule has 0 aromatic carbocycles. The Morgan fingerprint density at radius 1 is 0.299 bits per heavy atom. The Labute approximate surface area is 417 Å². The van der Waals surface area contributed by atoms with Crippen molar-refractivity contribution in [3.05, 3.63) is 24.3 Å². The minimum Gasteiger partial charge on any atom is -0.462 e. The number of allylic oxidation sites excluding steroid dienone is 4. The average molecular weight is 944 g/mol. The molecule has 0 saturated heterocycles. The fourth-order valence-corrected chi connectivity index (χ4v) is 8.95. The number of hydrogen-bond acceptors (Lipinski definition) is 6. The summed E-state index contributed by atoms with van der Waals surface area (Å²) in [7, 11) is 0. The first kappa shape index (κ1) is 64.9. The molecule has 0 rings (SSSR count). The second kappa shape index (κ2) is 56.5. The van der Waals surface area contributed by atoms with Crippen molar-refractivity contribution in [3.8, 4) is 0 Å². The summed E-state index contributed by atoms with van der Waals surface area (Å²) in [4.78, 5) is 38.1. The Morgan fingerprint density at radius 2 is 0.537 bits per heavy atom. The number of carbonyl (C=O) groups is 3. The van der Waals surface area contributed by atoms with Crippen LogP contribution in [-0.2, 0) is 28.6 Å². The number of carbonyl (C=O) groups excluding carboxylic acids is 3. The van der Waals surface area contributed by atoms with E-state index in [9.17, 15) is 14.4 Å². The van der Waals surface area contributed by atoms with Crippen LogP contribution in [0.2, 0.25) is 0 Å². The van der Waals surface area contributed by atoms with Gasteiger partial charge in [-0.2, -0.15) is 0 Å². The number of hydrogen-bond donors (Lipinski definition) is 0. The Bertz CT molecular complexity index is 1080. The summed E-state index contributed by atoms with van der Waals surface area (Å²) in [6.45, 7) is 6.67. The number of rotatable bonds is 55. The minimum atomic E-state index is -0.766. The first-order valence-electron chi connectivity index (χ1n) is 29.8. The minimum absolute atomic E-state index is 0.0658. The van der Waals surface area contributed by atoms with Gasteiger partial charge < -0.3 is 14.2 Å². The topological polar surface area (TPSA) is 78.9 Å². The number of esters is 3. The number of ether oxygens (including phenoxy) is 3. The maximum Gasteiger partial charge on any atom is 0.306 e. The van der Waals surface area contributed by atoms with Gasteiger partial charge in [0.25, 0.3) is 0 Å². The van der Waals surface area contributed by atoms with Crippen molar-refractivity contribution in [2.24, 2.45) is 0 Å². The zero-order valence-electron chi connectivity index (χ0n) is 45.2. The molecule has 0 aromatic heterocycles. The van der Waals surface area contributed by atoms with Crippen LogP contribution >= 0.6 is 0 Å². The molecule has 394 valence electrons. The van der Waals surface area contributed by atoms with Gasteiger partial charge in [0, 0.05) is 19.3 Å². The second-order valence-electron chi connectivity index (χ2n) is 20.3. The highest BCUT2D eigenvalue weighted by atomic mass is 16.6. The van der Waals surface area contributed by atoms with Crippen LogP contribution in [0.3, 0.4) is 0 Å². The quantitative estimate of drug-likeness (QED) is 0.0262. The Hall–Kier alpha value is -2.11. The molecular formula is C61H114O6. The fraction of sp³-hybridized carbons (Fsp3) is 0.885. The number of unbranched alkanes of at least 4 members (excludes halogenated alkanes) is 40. The summed E-state index contributed by atoms with van der Waals surface area (Å²) in [5.74, 6) is -0.846. The molecule has 0 aliphatic rings. The molecule has 0 radical (unpaired) electrons. The maximum absolute atomic E-state index is 12.8. The van der Waals surface area contributed by atoms with Gasteiger partial charge in [-0.15, -0.1) is 0 Å². The third-order valence-electron chi connectivity index (χ3n) is 13.5. The van der Waals surface area contributed by atoms with E-state index in [1.165, 1.54) is 225 Å². The molecule has 0 aliphatic heterocycles. The Balaban J connectivity index is 4.24. The molecule has 0 N–H and O–H groups in total. The van der Waals surface area contributed by atoms with Crippen LogP contribution in [0.4, 0.5) is 0 Å². The molecule has 0 aromatic rings. The van der Waals surface area contributed by atoms with Crippen molar-refractivity contribution in [1.82, 2.24) is 0 Å². The van der Waals surface area contributed by atoms with Gasteiger partial charge in [0.05, 0.1) is 0 Å². The van der Waals surface area contributed by atoms with Crippen molar-refractivity contribution in [2.75, 3.05) is 13.2 Å². The van der Waals surface area contributed by atoms with Gasteiger partial charge in [0.15, 0.2) is 6.10 Å². The fourth-order valence-electron chi connectivity index (χ4n) is 8.95. The molecule has 0 aliphatic carbocycles. The van der Waals surface area contributed by atoms with Crippen molar-refractivity contribution in [2.45, 2.75) is 335 Å². The molecule has 6 heteroatoms. The van der Waals surface area contributed by atoms with Crippen LogP contribution < -0.4 is 0 Å². The van der Waals surface area contributed by atoms with Gasteiger partial charge in [-0.05, 0) is 51.4 Å². The van der Waals surface area contributed by atoms with E-state index in [4.69, 9.17) is 14.2 Å². The van der Waals surface area contributed by atoms with Crippen LogP contribution in [0, 0.1) is 0 Å². The molecule has 1 atom stereocenters. The van der Waals surface area contributed by atoms with E-state index in [1.54, 1.807) is 0 Å². The predicted octanol–water partition coefficient (Wildman–Crippen LogP) is 19.9. The van der Waals surface area contributed by atoms with Crippen molar-refractivity contribution in [3.63, 3.8) is 0 Å². The lowest BCUT2D eigenvalue weighted by Crippen LogP contribution is -2.30. The smallest absolute Gasteiger partial charge is 0.306 e. The summed E-state index contributed by atoms with van der Waals surface area (Å²) in [6.07, 6.45) is 66.0. The van der Waals surface area contributed by atoms with Gasteiger partial charge in [-0.1, -0.05) is 283 Å². The van der Waals surface area contributed by atoms with E-state index in [0.29, 0.717) is 19.3 Å². The zero-order chi connectivity index (χ0) is 48.6. The summed E-state index contributed by atoms with van der Waals surface area (Å²) >= 11 is 0. The van der Waals surface area contributed by atoms with Gasteiger partial charge >= 0.3 is 17.9 Å². The van der Waals surface area contributed by atoms with Gasteiger partial charge in [-0.25, -0.2) is 0 Å². The SMILES string of the molecule is CCCCCCC/C=C\C/C=C\CCCCCCCCCCCCCC(=O)OCC(COC(=O)CCCCCCCCCCCCCCC)OC(=O)CCCCCCCCCCCCCCC. The molecular weight excluding hydrogens is 829 g/mol. The molecule has 1 unspecified atom stereocenters. The summed E-state index contributed by atoms with van der Waals surface area (Å²) in [5, 5.41) is 0. The molecule has 0 spiro atoms. The normalized spacial score (nSPS) is 12.1. The lowest BCUT2D eigenvalue weighted by molar-refractivity contribution is -0.167. The summed E-state index contributed by atoms with van der Waals surface area (Å²) < 4.78 is 16.9. The van der Waals surface area contributed by atoms with E-state index in [2.05, 4.69) is 45.1 Å². The van der Waals surface area contributed by atoms with E-state index in [0.717, 1.165) is 64.2 Å². The maximum atomic E-state index is 12.8. The van der Waals surface area contributed by atoms with Crippen LogP contribution in [-0.4, -0.2) is 37.2 Å².